The van der Waals surface area contributed by atoms with E-state index in [0.717, 1.165) is 6.54 Å². The van der Waals surface area contributed by atoms with Crippen LogP contribution in [0, 0.1) is 12.8 Å². The molecule has 1 atom stereocenters. The number of carbonyl (C=O) groups excluding carboxylic acids is 1. The Hall–Kier alpha value is -1.39. The average molecular weight is 263 g/mol. The molecule has 106 valence electrons. The third-order valence-electron chi connectivity index (χ3n) is 3.17. The largest absolute Gasteiger partial charge is 0.369 e. The van der Waals surface area contributed by atoms with E-state index >= 15 is 0 Å². The molecular weight excluding hydrogens is 238 g/mol. The Morgan fingerprint density at radius 2 is 1.95 bits per heavy atom. The number of hydrogen-bond donors (Lipinski definition) is 2. The highest BCUT2D eigenvalue weighted by molar-refractivity contribution is 5.76. The number of nitrogens with zero attached hydrogens (tertiary/aromatic N) is 1. The molecule has 4 heteroatoms. The van der Waals surface area contributed by atoms with Crippen LogP contribution in [-0.4, -0.2) is 30.4 Å². The Morgan fingerprint density at radius 3 is 2.42 bits per heavy atom. The van der Waals surface area contributed by atoms with Crippen LogP contribution in [0.5, 0.6) is 0 Å². The summed E-state index contributed by atoms with van der Waals surface area (Å²) >= 11 is 0. The molecule has 0 radical (unpaired) electrons. The predicted octanol–water partition coefficient (Wildman–Crippen LogP) is 1.44. The van der Waals surface area contributed by atoms with Gasteiger partial charge in [-0.2, -0.15) is 0 Å². The van der Waals surface area contributed by atoms with Crippen molar-refractivity contribution in [2.24, 2.45) is 17.4 Å². The summed E-state index contributed by atoms with van der Waals surface area (Å²) in [7, 11) is 0. The molecule has 1 rings (SSSR count). The Bertz CT molecular complexity index is 418. The number of hydrogen-bond acceptors (Lipinski definition) is 3. The van der Waals surface area contributed by atoms with Crippen LogP contribution in [0.15, 0.2) is 24.3 Å². The normalized spacial score (nSPS) is 12.9. The monoisotopic (exact) mass is 263 g/mol. The molecule has 0 aliphatic rings. The number of rotatable bonds is 7. The second-order valence-electron chi connectivity index (χ2n) is 5.40. The second kappa shape index (κ2) is 7.26. The first-order chi connectivity index (χ1) is 8.95. The van der Waals surface area contributed by atoms with E-state index < -0.39 is 0 Å². The molecular formula is C15H25N3O. The van der Waals surface area contributed by atoms with Crippen LogP contribution in [0.2, 0.25) is 0 Å². The van der Waals surface area contributed by atoms with E-state index in [1.165, 1.54) is 11.1 Å². The van der Waals surface area contributed by atoms with Gasteiger partial charge in [-0.15, -0.1) is 0 Å². The summed E-state index contributed by atoms with van der Waals surface area (Å²) in [5.74, 6) is 0.144. The zero-order chi connectivity index (χ0) is 14.4. The maximum atomic E-state index is 11.3. The number of amides is 1. The van der Waals surface area contributed by atoms with E-state index in [2.05, 4.69) is 37.8 Å². The van der Waals surface area contributed by atoms with Crippen LogP contribution >= 0.6 is 0 Å². The van der Waals surface area contributed by atoms with Crippen LogP contribution in [0.25, 0.3) is 0 Å². The van der Waals surface area contributed by atoms with Gasteiger partial charge in [-0.05, 0) is 24.0 Å². The lowest BCUT2D eigenvalue weighted by atomic mass is 9.99. The molecule has 0 heterocycles. The number of primary amides is 1. The van der Waals surface area contributed by atoms with Gasteiger partial charge in [0.05, 0.1) is 6.54 Å². The molecule has 0 saturated heterocycles. The Balaban J connectivity index is 3.01. The van der Waals surface area contributed by atoms with Gasteiger partial charge in [0.25, 0.3) is 0 Å². The van der Waals surface area contributed by atoms with Crippen LogP contribution in [0.3, 0.4) is 0 Å². The van der Waals surface area contributed by atoms with Gasteiger partial charge in [-0.3, -0.25) is 9.69 Å². The minimum absolute atomic E-state index is 0.0381. The number of aryl methyl sites for hydroxylation is 1. The molecule has 1 amide bonds. The first kappa shape index (κ1) is 15.7. The maximum Gasteiger partial charge on any atom is 0.231 e. The smallest absolute Gasteiger partial charge is 0.231 e. The molecule has 0 spiro atoms. The SMILES string of the molecule is Cc1ccccc1C(CN)N(CC(N)=O)CC(C)C. The van der Waals surface area contributed by atoms with Gasteiger partial charge in [0.2, 0.25) is 5.91 Å². The Labute approximate surface area is 115 Å². The summed E-state index contributed by atoms with van der Waals surface area (Å²) in [6.07, 6.45) is 0. The topological polar surface area (TPSA) is 72.3 Å². The number of nitrogens with two attached hydrogens (primary N) is 2. The molecule has 0 aromatic heterocycles. The standard InChI is InChI=1S/C15H25N3O/c1-11(2)9-18(10-15(17)19)14(8-16)13-7-5-4-6-12(13)3/h4-7,11,14H,8-10,16H2,1-3H3,(H2,17,19). The van der Waals surface area contributed by atoms with Crippen molar-refractivity contribution in [2.75, 3.05) is 19.6 Å². The molecule has 4 N–H and O–H groups in total. The number of carbonyl (C=O) groups is 1. The minimum atomic E-state index is -0.312. The second-order valence-corrected chi connectivity index (χ2v) is 5.40. The predicted molar refractivity (Wildman–Crippen MR) is 78.6 cm³/mol. The third kappa shape index (κ3) is 4.65. The molecule has 0 saturated carbocycles. The van der Waals surface area contributed by atoms with Gasteiger partial charge in [0, 0.05) is 19.1 Å². The summed E-state index contributed by atoms with van der Waals surface area (Å²) in [4.78, 5) is 13.3. The van der Waals surface area contributed by atoms with E-state index in [0.29, 0.717) is 12.5 Å². The molecule has 0 bridgehead atoms. The van der Waals surface area contributed by atoms with E-state index in [9.17, 15) is 4.79 Å². The van der Waals surface area contributed by atoms with E-state index in [4.69, 9.17) is 11.5 Å². The summed E-state index contributed by atoms with van der Waals surface area (Å²) < 4.78 is 0. The van der Waals surface area contributed by atoms with Crippen molar-refractivity contribution < 1.29 is 4.79 Å². The zero-order valence-electron chi connectivity index (χ0n) is 12.1. The minimum Gasteiger partial charge on any atom is -0.369 e. The fourth-order valence-corrected chi connectivity index (χ4v) is 2.40. The van der Waals surface area contributed by atoms with Crippen molar-refractivity contribution in [2.45, 2.75) is 26.8 Å². The summed E-state index contributed by atoms with van der Waals surface area (Å²) in [5, 5.41) is 0. The molecule has 1 unspecified atom stereocenters. The maximum absolute atomic E-state index is 11.3. The van der Waals surface area contributed by atoms with E-state index in [1.54, 1.807) is 0 Å². The molecule has 19 heavy (non-hydrogen) atoms. The quantitative estimate of drug-likeness (QED) is 0.782. The highest BCUT2D eigenvalue weighted by atomic mass is 16.1. The lowest BCUT2D eigenvalue weighted by molar-refractivity contribution is -0.119. The van der Waals surface area contributed by atoms with Crippen LogP contribution < -0.4 is 11.5 Å². The molecule has 1 aromatic carbocycles. The van der Waals surface area contributed by atoms with Gasteiger partial charge in [0.15, 0.2) is 0 Å². The Morgan fingerprint density at radius 1 is 1.32 bits per heavy atom. The van der Waals surface area contributed by atoms with Gasteiger partial charge in [-0.25, -0.2) is 0 Å². The van der Waals surface area contributed by atoms with Crippen LogP contribution in [0.1, 0.15) is 31.0 Å². The fraction of sp³-hybridized carbons (Fsp3) is 0.533. The molecule has 0 aliphatic carbocycles. The van der Waals surface area contributed by atoms with Crippen molar-refractivity contribution in [3.05, 3.63) is 35.4 Å². The summed E-state index contributed by atoms with van der Waals surface area (Å²) in [5.41, 5.74) is 13.7. The Kier molecular flexibility index (Phi) is 5.99. The van der Waals surface area contributed by atoms with Crippen molar-refractivity contribution in [3.8, 4) is 0 Å². The molecule has 4 nitrogen and oxygen atoms in total. The zero-order valence-corrected chi connectivity index (χ0v) is 12.1. The van der Waals surface area contributed by atoms with Crippen molar-refractivity contribution in [3.63, 3.8) is 0 Å². The number of benzene rings is 1. The average Bonchev–Trinajstić information content (AvgIpc) is 2.30. The highest BCUT2D eigenvalue weighted by Gasteiger charge is 2.22. The third-order valence-corrected chi connectivity index (χ3v) is 3.17. The van der Waals surface area contributed by atoms with Gasteiger partial charge < -0.3 is 11.5 Å². The lowest BCUT2D eigenvalue weighted by Crippen LogP contribution is -2.41. The first-order valence-corrected chi connectivity index (χ1v) is 6.73. The first-order valence-electron chi connectivity index (χ1n) is 6.73. The van der Waals surface area contributed by atoms with E-state index in [1.807, 2.05) is 12.1 Å². The molecule has 0 aliphatic heterocycles. The summed E-state index contributed by atoms with van der Waals surface area (Å²) in [6.45, 7) is 7.84. The fourth-order valence-electron chi connectivity index (χ4n) is 2.40. The molecule has 1 aromatic rings. The summed E-state index contributed by atoms with van der Waals surface area (Å²) in [6, 6.07) is 8.18. The molecule has 0 fully saturated rings. The highest BCUT2D eigenvalue weighted by Crippen LogP contribution is 2.23. The van der Waals surface area contributed by atoms with Crippen molar-refractivity contribution in [1.29, 1.82) is 0 Å². The van der Waals surface area contributed by atoms with Gasteiger partial charge >= 0.3 is 0 Å². The van der Waals surface area contributed by atoms with Crippen molar-refractivity contribution in [1.82, 2.24) is 4.90 Å². The lowest BCUT2D eigenvalue weighted by Gasteiger charge is -2.32. The van der Waals surface area contributed by atoms with Crippen LogP contribution in [0.4, 0.5) is 0 Å². The van der Waals surface area contributed by atoms with Gasteiger partial charge in [0.1, 0.15) is 0 Å². The van der Waals surface area contributed by atoms with E-state index in [-0.39, 0.29) is 18.5 Å². The van der Waals surface area contributed by atoms with Gasteiger partial charge in [-0.1, -0.05) is 38.1 Å². The van der Waals surface area contributed by atoms with Crippen molar-refractivity contribution >= 4 is 5.91 Å². The van der Waals surface area contributed by atoms with Crippen LogP contribution in [-0.2, 0) is 4.79 Å².